The Morgan fingerprint density at radius 3 is 2.71 bits per heavy atom. The fraction of sp³-hybridized carbons (Fsp3) is 0.500. The molecule has 1 heterocycles. The maximum atomic E-state index is 12.4. The van der Waals surface area contributed by atoms with Gasteiger partial charge in [-0.25, -0.2) is 0 Å². The van der Waals surface area contributed by atoms with Gasteiger partial charge in [-0.15, -0.1) is 0 Å². The molecule has 1 atom stereocenters. The van der Waals surface area contributed by atoms with Gasteiger partial charge in [-0.05, 0) is 30.5 Å². The molecule has 1 aromatic carbocycles. The third-order valence-electron chi connectivity index (χ3n) is 3.10. The summed E-state index contributed by atoms with van der Waals surface area (Å²) < 4.78 is 37.1. The molecule has 0 saturated heterocycles. The molecule has 1 aromatic rings. The van der Waals surface area contributed by atoms with Gasteiger partial charge in [0.1, 0.15) is 0 Å². The van der Waals surface area contributed by atoms with E-state index in [1.54, 1.807) is 6.07 Å². The first-order chi connectivity index (χ1) is 7.93. The molecule has 0 spiro atoms. The number of likely N-dealkylation sites (N-methyl/N-ethyl adjacent to an activating group) is 1. The zero-order valence-electron chi connectivity index (χ0n) is 9.46. The van der Waals surface area contributed by atoms with E-state index < -0.39 is 12.3 Å². The molecule has 0 radical (unpaired) electrons. The molecule has 17 heavy (non-hydrogen) atoms. The van der Waals surface area contributed by atoms with Gasteiger partial charge < -0.3 is 10.0 Å². The molecule has 94 valence electrons. The largest absolute Gasteiger partial charge is 0.418 e. The summed E-state index contributed by atoms with van der Waals surface area (Å²) in [6.45, 7) is 3.68. The van der Waals surface area contributed by atoms with Crippen LogP contribution in [-0.4, -0.2) is 24.4 Å². The Labute approximate surface area is 97.7 Å². The van der Waals surface area contributed by atoms with Gasteiger partial charge in [0.15, 0.2) is 6.10 Å². The van der Waals surface area contributed by atoms with E-state index in [1.165, 1.54) is 12.1 Å². The fourth-order valence-electron chi connectivity index (χ4n) is 2.18. The number of rotatable bonds is 2. The number of aliphatic hydroxyl groups is 1. The standard InChI is InChI=1S/C12H14F3NO/c1-2-16-6-5-8-7-9(3-4-10(8)16)11(17)12(13,14)15/h3-4,7,11,17H,2,5-6H2,1H3. The van der Waals surface area contributed by atoms with E-state index in [0.29, 0.717) is 0 Å². The maximum Gasteiger partial charge on any atom is 0.418 e. The first-order valence-corrected chi connectivity index (χ1v) is 5.56. The third kappa shape index (κ3) is 2.24. The van der Waals surface area contributed by atoms with Gasteiger partial charge in [0, 0.05) is 18.8 Å². The van der Waals surface area contributed by atoms with Crippen LogP contribution in [0.4, 0.5) is 18.9 Å². The number of aliphatic hydroxyl groups excluding tert-OH is 1. The normalized spacial score (nSPS) is 17.1. The summed E-state index contributed by atoms with van der Waals surface area (Å²) in [5.74, 6) is 0. The minimum absolute atomic E-state index is 0.0748. The van der Waals surface area contributed by atoms with E-state index in [-0.39, 0.29) is 5.56 Å². The van der Waals surface area contributed by atoms with Crippen molar-refractivity contribution >= 4 is 5.69 Å². The van der Waals surface area contributed by atoms with Crippen LogP contribution < -0.4 is 4.90 Å². The lowest BCUT2D eigenvalue weighted by molar-refractivity contribution is -0.206. The molecular weight excluding hydrogens is 231 g/mol. The lowest BCUT2D eigenvalue weighted by Gasteiger charge is -2.18. The van der Waals surface area contributed by atoms with E-state index >= 15 is 0 Å². The molecular formula is C12H14F3NO. The van der Waals surface area contributed by atoms with Crippen LogP contribution >= 0.6 is 0 Å². The summed E-state index contributed by atoms with van der Waals surface area (Å²) in [7, 11) is 0. The van der Waals surface area contributed by atoms with E-state index in [4.69, 9.17) is 0 Å². The minimum atomic E-state index is -4.60. The van der Waals surface area contributed by atoms with Gasteiger partial charge >= 0.3 is 6.18 Å². The van der Waals surface area contributed by atoms with Crippen LogP contribution in [0.2, 0.25) is 0 Å². The topological polar surface area (TPSA) is 23.5 Å². The second-order valence-electron chi connectivity index (χ2n) is 4.16. The van der Waals surface area contributed by atoms with E-state index in [1.807, 2.05) is 6.92 Å². The zero-order valence-corrected chi connectivity index (χ0v) is 9.46. The van der Waals surface area contributed by atoms with Gasteiger partial charge in [-0.1, -0.05) is 12.1 Å². The van der Waals surface area contributed by atoms with Gasteiger partial charge in [-0.2, -0.15) is 13.2 Å². The van der Waals surface area contributed by atoms with Crippen molar-refractivity contribution in [2.75, 3.05) is 18.0 Å². The Morgan fingerprint density at radius 2 is 2.12 bits per heavy atom. The zero-order chi connectivity index (χ0) is 12.6. The number of hydrogen-bond donors (Lipinski definition) is 1. The number of hydrogen-bond acceptors (Lipinski definition) is 2. The van der Waals surface area contributed by atoms with Crippen molar-refractivity contribution in [1.82, 2.24) is 0 Å². The molecule has 2 rings (SSSR count). The number of benzene rings is 1. The van der Waals surface area contributed by atoms with Crippen molar-refractivity contribution in [2.45, 2.75) is 25.6 Å². The molecule has 0 bridgehead atoms. The molecule has 0 aromatic heterocycles. The molecule has 1 unspecified atom stereocenters. The van der Waals surface area contributed by atoms with Crippen molar-refractivity contribution in [3.8, 4) is 0 Å². The Balaban J connectivity index is 2.30. The molecule has 1 N–H and O–H groups in total. The molecule has 0 aliphatic carbocycles. The quantitative estimate of drug-likeness (QED) is 0.865. The van der Waals surface area contributed by atoms with E-state index in [0.717, 1.165) is 30.8 Å². The van der Waals surface area contributed by atoms with Gasteiger partial charge in [0.25, 0.3) is 0 Å². The summed E-state index contributed by atoms with van der Waals surface area (Å²) in [4.78, 5) is 2.11. The number of alkyl halides is 3. The highest BCUT2D eigenvalue weighted by molar-refractivity contribution is 5.59. The van der Waals surface area contributed by atoms with Gasteiger partial charge in [-0.3, -0.25) is 0 Å². The van der Waals surface area contributed by atoms with Gasteiger partial charge in [0.2, 0.25) is 0 Å². The number of fused-ring (bicyclic) bond motifs is 1. The summed E-state index contributed by atoms with van der Waals surface area (Å²) in [6, 6.07) is 4.48. The average Bonchev–Trinajstić information content (AvgIpc) is 2.68. The van der Waals surface area contributed by atoms with Crippen LogP contribution in [-0.2, 0) is 6.42 Å². The first kappa shape index (κ1) is 12.2. The predicted molar refractivity (Wildman–Crippen MR) is 59.0 cm³/mol. The maximum absolute atomic E-state index is 12.4. The molecule has 2 nitrogen and oxygen atoms in total. The monoisotopic (exact) mass is 245 g/mol. The Morgan fingerprint density at radius 1 is 1.41 bits per heavy atom. The van der Waals surface area contributed by atoms with Crippen LogP contribution in [0.25, 0.3) is 0 Å². The van der Waals surface area contributed by atoms with Crippen molar-refractivity contribution in [3.63, 3.8) is 0 Å². The number of halogens is 3. The summed E-state index contributed by atoms with van der Waals surface area (Å²) in [6.07, 6.45) is -6.25. The first-order valence-electron chi connectivity index (χ1n) is 5.56. The minimum Gasteiger partial charge on any atom is -0.379 e. The highest BCUT2D eigenvalue weighted by Crippen LogP contribution is 2.36. The summed E-state index contributed by atoms with van der Waals surface area (Å²) >= 11 is 0. The van der Waals surface area contributed by atoms with Crippen molar-refractivity contribution in [1.29, 1.82) is 0 Å². The predicted octanol–water partition coefficient (Wildman–Crippen LogP) is 2.66. The van der Waals surface area contributed by atoms with E-state index in [2.05, 4.69) is 4.90 Å². The van der Waals surface area contributed by atoms with Crippen molar-refractivity contribution in [2.24, 2.45) is 0 Å². The highest BCUT2D eigenvalue weighted by Gasteiger charge is 2.39. The lowest BCUT2D eigenvalue weighted by atomic mass is 10.0. The second kappa shape index (κ2) is 4.22. The SMILES string of the molecule is CCN1CCc2cc(C(O)C(F)(F)F)ccc21. The molecule has 1 aliphatic heterocycles. The molecule has 0 saturated carbocycles. The molecule has 0 fully saturated rings. The number of anilines is 1. The second-order valence-corrected chi connectivity index (χ2v) is 4.16. The third-order valence-corrected chi connectivity index (χ3v) is 3.10. The fourth-order valence-corrected chi connectivity index (χ4v) is 2.18. The average molecular weight is 245 g/mol. The number of nitrogens with zero attached hydrogens (tertiary/aromatic N) is 1. The van der Waals surface area contributed by atoms with Crippen LogP contribution in [0.5, 0.6) is 0 Å². The Hall–Kier alpha value is -1.23. The smallest absolute Gasteiger partial charge is 0.379 e. The summed E-state index contributed by atoms with van der Waals surface area (Å²) in [5.41, 5.74) is 1.78. The van der Waals surface area contributed by atoms with E-state index in [9.17, 15) is 18.3 Å². The van der Waals surface area contributed by atoms with Crippen LogP contribution in [0.1, 0.15) is 24.2 Å². The Kier molecular flexibility index (Phi) is 3.03. The van der Waals surface area contributed by atoms with Crippen LogP contribution in [0, 0.1) is 0 Å². The molecule has 0 amide bonds. The van der Waals surface area contributed by atoms with Crippen molar-refractivity contribution < 1.29 is 18.3 Å². The van der Waals surface area contributed by atoms with Crippen LogP contribution in [0.15, 0.2) is 18.2 Å². The van der Waals surface area contributed by atoms with Gasteiger partial charge in [0.05, 0.1) is 0 Å². The summed E-state index contributed by atoms with van der Waals surface area (Å²) in [5, 5.41) is 9.17. The van der Waals surface area contributed by atoms with Crippen LogP contribution in [0.3, 0.4) is 0 Å². The molecule has 1 aliphatic rings. The van der Waals surface area contributed by atoms with Crippen molar-refractivity contribution in [3.05, 3.63) is 29.3 Å². The highest BCUT2D eigenvalue weighted by atomic mass is 19.4. The Bertz CT molecular complexity index is 417. The molecule has 5 heteroatoms. The lowest BCUT2D eigenvalue weighted by Crippen LogP contribution is -2.20.